The van der Waals surface area contributed by atoms with E-state index in [9.17, 15) is 13.6 Å². The summed E-state index contributed by atoms with van der Waals surface area (Å²) in [6.45, 7) is 2.14. The molecule has 2 rings (SSSR count). The monoisotopic (exact) mass is 290 g/mol. The Kier molecular flexibility index (Phi) is 4.52. The highest BCUT2D eigenvalue weighted by Gasteiger charge is 2.09. The van der Waals surface area contributed by atoms with Gasteiger partial charge in [-0.25, -0.2) is 8.78 Å². The number of aryl methyl sites for hydroxylation is 1. The van der Waals surface area contributed by atoms with E-state index in [1.165, 1.54) is 12.1 Å². The number of halogens is 2. The second-order valence-corrected chi connectivity index (χ2v) is 4.87. The van der Waals surface area contributed by atoms with Gasteiger partial charge in [0.05, 0.1) is 5.56 Å². The largest absolute Gasteiger partial charge is 0.398 e. The predicted molar refractivity (Wildman–Crippen MR) is 78.0 cm³/mol. The molecule has 0 saturated carbocycles. The van der Waals surface area contributed by atoms with Crippen molar-refractivity contribution in [3.8, 4) is 0 Å². The van der Waals surface area contributed by atoms with Crippen molar-refractivity contribution in [3.05, 3.63) is 64.7 Å². The third kappa shape index (κ3) is 4.02. The second-order valence-electron chi connectivity index (χ2n) is 4.87. The summed E-state index contributed by atoms with van der Waals surface area (Å²) >= 11 is 0. The first-order chi connectivity index (χ1) is 9.95. The molecule has 2 aromatic rings. The quantitative estimate of drug-likeness (QED) is 0.851. The Labute approximate surface area is 121 Å². The number of rotatable bonds is 4. The Morgan fingerprint density at radius 3 is 2.48 bits per heavy atom. The maximum Gasteiger partial charge on any atom is 0.253 e. The van der Waals surface area contributed by atoms with Gasteiger partial charge in [0.25, 0.3) is 5.91 Å². The van der Waals surface area contributed by atoms with Gasteiger partial charge < -0.3 is 11.1 Å². The Morgan fingerprint density at radius 2 is 1.81 bits per heavy atom. The standard InChI is InChI=1S/C16H16F2N2O/c1-10-2-3-15(19)14(6-10)16(21)20-5-4-11-7-12(17)9-13(18)8-11/h2-3,6-9H,4-5,19H2,1H3,(H,20,21). The van der Waals surface area contributed by atoms with Gasteiger partial charge in [0.2, 0.25) is 0 Å². The van der Waals surface area contributed by atoms with Crippen molar-refractivity contribution in [1.29, 1.82) is 0 Å². The fraction of sp³-hybridized carbons (Fsp3) is 0.188. The lowest BCUT2D eigenvalue weighted by Gasteiger charge is -2.08. The first kappa shape index (κ1) is 15.0. The normalized spacial score (nSPS) is 10.4. The van der Waals surface area contributed by atoms with Crippen LogP contribution in [0.1, 0.15) is 21.5 Å². The van der Waals surface area contributed by atoms with E-state index in [1.54, 1.807) is 12.1 Å². The molecule has 0 spiro atoms. The zero-order valence-electron chi connectivity index (χ0n) is 11.6. The van der Waals surface area contributed by atoms with E-state index in [0.717, 1.165) is 11.6 Å². The van der Waals surface area contributed by atoms with Crippen LogP contribution in [0, 0.1) is 18.6 Å². The first-order valence-corrected chi connectivity index (χ1v) is 6.55. The number of hydrogen-bond acceptors (Lipinski definition) is 2. The molecule has 1 amide bonds. The van der Waals surface area contributed by atoms with Gasteiger partial charge in [-0.05, 0) is 43.2 Å². The number of anilines is 1. The van der Waals surface area contributed by atoms with E-state index in [1.807, 2.05) is 13.0 Å². The maximum absolute atomic E-state index is 13.0. The number of benzene rings is 2. The number of hydrogen-bond donors (Lipinski definition) is 2. The fourth-order valence-corrected chi connectivity index (χ4v) is 2.04. The molecule has 0 aliphatic heterocycles. The SMILES string of the molecule is Cc1ccc(N)c(C(=O)NCCc2cc(F)cc(F)c2)c1. The summed E-state index contributed by atoms with van der Waals surface area (Å²) in [5, 5.41) is 2.69. The van der Waals surface area contributed by atoms with Gasteiger partial charge in [-0.2, -0.15) is 0 Å². The lowest BCUT2D eigenvalue weighted by Crippen LogP contribution is -2.26. The molecule has 0 unspecified atom stereocenters. The minimum Gasteiger partial charge on any atom is -0.398 e. The molecule has 5 heteroatoms. The van der Waals surface area contributed by atoms with Gasteiger partial charge in [-0.3, -0.25) is 4.79 Å². The number of amides is 1. The van der Waals surface area contributed by atoms with E-state index < -0.39 is 11.6 Å². The highest BCUT2D eigenvalue weighted by atomic mass is 19.1. The van der Waals surface area contributed by atoms with Crippen LogP contribution in [0.2, 0.25) is 0 Å². The highest BCUT2D eigenvalue weighted by Crippen LogP contribution is 2.13. The molecule has 0 aliphatic carbocycles. The van der Waals surface area contributed by atoms with Crippen molar-refractivity contribution >= 4 is 11.6 Å². The average molecular weight is 290 g/mol. The summed E-state index contributed by atoms with van der Waals surface area (Å²) in [5.74, 6) is -1.55. The minimum atomic E-state index is -0.626. The van der Waals surface area contributed by atoms with Crippen molar-refractivity contribution < 1.29 is 13.6 Å². The molecule has 21 heavy (non-hydrogen) atoms. The van der Waals surface area contributed by atoms with Crippen molar-refractivity contribution in [2.75, 3.05) is 12.3 Å². The molecular formula is C16H16F2N2O. The molecule has 3 N–H and O–H groups in total. The van der Waals surface area contributed by atoms with Crippen LogP contribution in [0.15, 0.2) is 36.4 Å². The molecule has 0 atom stereocenters. The fourth-order valence-electron chi connectivity index (χ4n) is 2.04. The van der Waals surface area contributed by atoms with E-state index in [0.29, 0.717) is 23.2 Å². The van der Waals surface area contributed by atoms with Gasteiger partial charge in [0.1, 0.15) is 11.6 Å². The summed E-state index contributed by atoms with van der Waals surface area (Å²) in [7, 11) is 0. The molecule has 0 fully saturated rings. The van der Waals surface area contributed by atoms with Crippen molar-refractivity contribution in [3.63, 3.8) is 0 Å². The van der Waals surface area contributed by atoms with E-state index in [2.05, 4.69) is 5.32 Å². The molecule has 0 saturated heterocycles. The average Bonchev–Trinajstić information content (AvgIpc) is 2.40. The summed E-state index contributed by atoms with van der Waals surface area (Å²) in [6, 6.07) is 8.50. The van der Waals surface area contributed by atoms with Crippen LogP contribution in [0.25, 0.3) is 0 Å². The molecular weight excluding hydrogens is 274 g/mol. The van der Waals surface area contributed by atoms with Crippen molar-refractivity contribution in [1.82, 2.24) is 5.32 Å². The molecule has 0 aromatic heterocycles. The summed E-state index contributed by atoms with van der Waals surface area (Å²) in [4.78, 5) is 12.0. The topological polar surface area (TPSA) is 55.1 Å². The lowest BCUT2D eigenvalue weighted by atomic mass is 10.1. The van der Waals surface area contributed by atoms with Crippen LogP contribution in [0.4, 0.5) is 14.5 Å². The highest BCUT2D eigenvalue weighted by molar-refractivity contribution is 5.99. The Morgan fingerprint density at radius 1 is 1.14 bits per heavy atom. The number of carbonyl (C=O) groups is 1. The van der Waals surface area contributed by atoms with Gasteiger partial charge in [-0.1, -0.05) is 11.6 Å². The maximum atomic E-state index is 13.0. The van der Waals surface area contributed by atoms with Crippen molar-refractivity contribution in [2.24, 2.45) is 0 Å². The summed E-state index contributed by atoms with van der Waals surface area (Å²) in [5.41, 5.74) is 7.98. The molecule has 0 heterocycles. The van der Waals surface area contributed by atoms with Crippen LogP contribution in [-0.4, -0.2) is 12.5 Å². The third-order valence-corrected chi connectivity index (χ3v) is 3.07. The van der Waals surface area contributed by atoms with E-state index in [4.69, 9.17) is 5.73 Å². The first-order valence-electron chi connectivity index (χ1n) is 6.55. The third-order valence-electron chi connectivity index (χ3n) is 3.07. The van der Waals surface area contributed by atoms with Gasteiger partial charge >= 0.3 is 0 Å². The number of nitrogen functional groups attached to an aromatic ring is 1. The zero-order valence-corrected chi connectivity index (χ0v) is 11.6. The minimum absolute atomic E-state index is 0.273. The predicted octanol–water partition coefficient (Wildman–Crippen LogP) is 2.83. The summed E-state index contributed by atoms with van der Waals surface area (Å²) in [6.07, 6.45) is 0.339. The van der Waals surface area contributed by atoms with Gasteiger partial charge in [0.15, 0.2) is 0 Å². The number of nitrogens with one attached hydrogen (secondary N) is 1. The number of nitrogens with two attached hydrogens (primary N) is 1. The Balaban J connectivity index is 1.96. The Bertz CT molecular complexity index is 651. The van der Waals surface area contributed by atoms with Crippen LogP contribution in [-0.2, 0) is 6.42 Å². The smallest absolute Gasteiger partial charge is 0.253 e. The van der Waals surface area contributed by atoms with E-state index in [-0.39, 0.29) is 12.5 Å². The molecule has 0 aliphatic rings. The lowest BCUT2D eigenvalue weighted by molar-refractivity contribution is 0.0955. The van der Waals surface area contributed by atoms with Crippen LogP contribution in [0.3, 0.4) is 0 Å². The van der Waals surface area contributed by atoms with Gasteiger partial charge in [-0.15, -0.1) is 0 Å². The second kappa shape index (κ2) is 6.35. The molecule has 2 aromatic carbocycles. The van der Waals surface area contributed by atoms with Crippen LogP contribution >= 0.6 is 0 Å². The van der Waals surface area contributed by atoms with Crippen LogP contribution < -0.4 is 11.1 Å². The van der Waals surface area contributed by atoms with Crippen LogP contribution in [0.5, 0.6) is 0 Å². The molecule has 0 bridgehead atoms. The van der Waals surface area contributed by atoms with Gasteiger partial charge in [0, 0.05) is 18.3 Å². The van der Waals surface area contributed by atoms with Crippen molar-refractivity contribution in [2.45, 2.75) is 13.3 Å². The molecule has 3 nitrogen and oxygen atoms in total. The summed E-state index contributed by atoms with van der Waals surface area (Å²) < 4.78 is 26.1. The van der Waals surface area contributed by atoms with E-state index >= 15 is 0 Å². The molecule has 110 valence electrons. The zero-order chi connectivity index (χ0) is 15.4. The Hall–Kier alpha value is -2.43. The molecule has 0 radical (unpaired) electrons. The number of carbonyl (C=O) groups excluding carboxylic acids is 1.